The number of nitrogens with zero attached hydrogens (tertiary/aromatic N) is 2. The van der Waals surface area contributed by atoms with Crippen LogP contribution in [0.4, 0.5) is 0 Å². The summed E-state index contributed by atoms with van der Waals surface area (Å²) in [5, 5.41) is 5.58. The maximum absolute atomic E-state index is 12.7. The van der Waals surface area contributed by atoms with E-state index in [1.807, 2.05) is 18.2 Å². The van der Waals surface area contributed by atoms with E-state index < -0.39 is 6.04 Å². The Labute approximate surface area is 176 Å². The molecule has 7 heteroatoms. The number of carbonyl (C=O) groups excluding carboxylic acids is 3. The highest BCUT2D eigenvalue weighted by atomic mass is 16.2. The summed E-state index contributed by atoms with van der Waals surface area (Å²) in [6.07, 6.45) is 0.0845. The standard InChI is InChI=1S/C23H26N4O3/c28-21-16-27(13-10-24-21)22(29)14-20-23(30)25-11-12-26(20)15-17-6-8-19(9-7-17)18-4-2-1-3-5-18/h1-9,20H,10-16H2,(H,24,28)(H,25,30). The normalized spacial score (nSPS) is 19.9. The zero-order chi connectivity index (χ0) is 20.9. The number of hydrogen-bond donors (Lipinski definition) is 2. The molecule has 30 heavy (non-hydrogen) atoms. The smallest absolute Gasteiger partial charge is 0.239 e. The monoisotopic (exact) mass is 406 g/mol. The first-order chi connectivity index (χ1) is 14.6. The number of hydrogen-bond acceptors (Lipinski definition) is 4. The third kappa shape index (κ3) is 4.68. The molecule has 3 amide bonds. The van der Waals surface area contributed by atoms with E-state index in [0.717, 1.165) is 16.7 Å². The molecule has 0 aromatic heterocycles. The van der Waals surface area contributed by atoms with E-state index in [-0.39, 0.29) is 30.7 Å². The van der Waals surface area contributed by atoms with Crippen molar-refractivity contribution in [1.82, 2.24) is 20.4 Å². The van der Waals surface area contributed by atoms with Crippen LogP contribution in [0, 0.1) is 0 Å². The Kier molecular flexibility index (Phi) is 6.09. The Morgan fingerprint density at radius 1 is 0.900 bits per heavy atom. The zero-order valence-electron chi connectivity index (χ0n) is 16.8. The van der Waals surface area contributed by atoms with Gasteiger partial charge in [0.05, 0.1) is 19.0 Å². The van der Waals surface area contributed by atoms with Crippen molar-refractivity contribution in [3.8, 4) is 11.1 Å². The summed E-state index contributed by atoms with van der Waals surface area (Å²) in [5.41, 5.74) is 3.40. The van der Waals surface area contributed by atoms with E-state index in [4.69, 9.17) is 0 Å². The van der Waals surface area contributed by atoms with Crippen LogP contribution in [-0.2, 0) is 20.9 Å². The number of amides is 3. The maximum atomic E-state index is 12.7. The minimum Gasteiger partial charge on any atom is -0.353 e. The van der Waals surface area contributed by atoms with Gasteiger partial charge in [-0.3, -0.25) is 19.3 Å². The lowest BCUT2D eigenvalue weighted by molar-refractivity contribution is -0.142. The van der Waals surface area contributed by atoms with Gasteiger partial charge in [0, 0.05) is 32.7 Å². The van der Waals surface area contributed by atoms with Gasteiger partial charge >= 0.3 is 0 Å². The molecule has 0 spiro atoms. The summed E-state index contributed by atoms with van der Waals surface area (Å²) < 4.78 is 0. The Morgan fingerprint density at radius 2 is 1.60 bits per heavy atom. The first kappa shape index (κ1) is 20.1. The van der Waals surface area contributed by atoms with Crippen LogP contribution < -0.4 is 10.6 Å². The largest absolute Gasteiger partial charge is 0.353 e. The van der Waals surface area contributed by atoms with Gasteiger partial charge in [-0.1, -0.05) is 54.6 Å². The third-order valence-electron chi connectivity index (χ3n) is 5.65. The molecule has 0 bridgehead atoms. The zero-order valence-corrected chi connectivity index (χ0v) is 16.8. The van der Waals surface area contributed by atoms with Gasteiger partial charge in [-0.05, 0) is 16.7 Å². The van der Waals surface area contributed by atoms with Gasteiger partial charge in [0.1, 0.15) is 0 Å². The Balaban J connectivity index is 1.43. The van der Waals surface area contributed by atoms with E-state index in [9.17, 15) is 14.4 Å². The summed E-state index contributed by atoms with van der Waals surface area (Å²) in [7, 11) is 0. The first-order valence-electron chi connectivity index (χ1n) is 10.3. The van der Waals surface area contributed by atoms with Crippen LogP contribution in [0.1, 0.15) is 12.0 Å². The van der Waals surface area contributed by atoms with Crippen LogP contribution >= 0.6 is 0 Å². The second-order valence-corrected chi connectivity index (χ2v) is 7.71. The lowest BCUT2D eigenvalue weighted by atomic mass is 10.0. The molecule has 2 aromatic carbocycles. The van der Waals surface area contributed by atoms with Crippen molar-refractivity contribution in [2.24, 2.45) is 0 Å². The van der Waals surface area contributed by atoms with Crippen molar-refractivity contribution in [1.29, 1.82) is 0 Å². The Morgan fingerprint density at radius 3 is 2.33 bits per heavy atom. The summed E-state index contributed by atoms with van der Waals surface area (Å²) in [4.78, 5) is 40.4. The highest BCUT2D eigenvalue weighted by Crippen LogP contribution is 2.21. The number of carbonyl (C=O) groups is 3. The molecule has 2 aliphatic rings. The van der Waals surface area contributed by atoms with Crippen molar-refractivity contribution < 1.29 is 14.4 Å². The molecule has 0 radical (unpaired) electrons. The van der Waals surface area contributed by atoms with Gasteiger partial charge in [-0.15, -0.1) is 0 Å². The van der Waals surface area contributed by atoms with Crippen molar-refractivity contribution in [2.75, 3.05) is 32.7 Å². The highest BCUT2D eigenvalue weighted by molar-refractivity contribution is 5.91. The molecule has 1 atom stereocenters. The van der Waals surface area contributed by atoms with E-state index in [1.54, 1.807) is 0 Å². The van der Waals surface area contributed by atoms with Crippen molar-refractivity contribution >= 4 is 17.7 Å². The molecule has 2 N–H and O–H groups in total. The minimum atomic E-state index is -0.523. The van der Waals surface area contributed by atoms with Crippen LogP contribution in [0.5, 0.6) is 0 Å². The topological polar surface area (TPSA) is 81.8 Å². The molecule has 156 valence electrons. The number of benzene rings is 2. The lowest BCUT2D eigenvalue weighted by Crippen LogP contribution is -2.57. The minimum absolute atomic E-state index is 0.0636. The van der Waals surface area contributed by atoms with Crippen molar-refractivity contribution in [3.63, 3.8) is 0 Å². The van der Waals surface area contributed by atoms with Gasteiger partial charge in [0.25, 0.3) is 0 Å². The predicted octanol–water partition coefficient (Wildman–Crippen LogP) is 1.00. The molecule has 2 fully saturated rings. The molecular formula is C23H26N4O3. The molecule has 4 rings (SSSR count). The second kappa shape index (κ2) is 9.09. The van der Waals surface area contributed by atoms with Crippen LogP contribution in [0.15, 0.2) is 54.6 Å². The fourth-order valence-electron chi connectivity index (χ4n) is 3.99. The van der Waals surface area contributed by atoms with Crippen LogP contribution in [-0.4, -0.2) is 66.3 Å². The van der Waals surface area contributed by atoms with Gasteiger partial charge < -0.3 is 15.5 Å². The highest BCUT2D eigenvalue weighted by Gasteiger charge is 2.33. The van der Waals surface area contributed by atoms with Gasteiger partial charge in [0.15, 0.2) is 0 Å². The molecule has 2 saturated heterocycles. The average Bonchev–Trinajstić information content (AvgIpc) is 2.77. The fourth-order valence-corrected chi connectivity index (χ4v) is 3.99. The SMILES string of the molecule is O=C1CN(C(=O)CC2C(=O)NCCN2Cc2ccc(-c3ccccc3)cc2)CCN1. The number of piperazine rings is 2. The van der Waals surface area contributed by atoms with Crippen molar-refractivity contribution in [2.45, 2.75) is 19.0 Å². The molecule has 2 aliphatic heterocycles. The fraction of sp³-hybridized carbons (Fsp3) is 0.348. The Bertz CT molecular complexity index is 914. The maximum Gasteiger partial charge on any atom is 0.239 e. The lowest BCUT2D eigenvalue weighted by Gasteiger charge is -2.36. The van der Waals surface area contributed by atoms with Crippen LogP contribution in [0.2, 0.25) is 0 Å². The van der Waals surface area contributed by atoms with E-state index in [0.29, 0.717) is 32.7 Å². The summed E-state index contributed by atoms with van der Waals surface area (Å²) in [6.45, 7) is 2.86. The molecule has 2 aromatic rings. The Hall–Kier alpha value is -3.19. The third-order valence-corrected chi connectivity index (χ3v) is 5.65. The number of rotatable bonds is 5. The van der Waals surface area contributed by atoms with E-state index in [2.05, 4.69) is 51.9 Å². The summed E-state index contributed by atoms with van der Waals surface area (Å²) in [5.74, 6) is -0.439. The molecule has 2 heterocycles. The van der Waals surface area contributed by atoms with Gasteiger partial charge in [0.2, 0.25) is 17.7 Å². The molecule has 1 unspecified atom stereocenters. The van der Waals surface area contributed by atoms with Gasteiger partial charge in [-0.2, -0.15) is 0 Å². The van der Waals surface area contributed by atoms with Crippen molar-refractivity contribution in [3.05, 3.63) is 60.2 Å². The average molecular weight is 406 g/mol. The molecule has 0 aliphatic carbocycles. The van der Waals surface area contributed by atoms with E-state index in [1.165, 1.54) is 4.90 Å². The van der Waals surface area contributed by atoms with Crippen LogP contribution in [0.25, 0.3) is 11.1 Å². The molecule has 7 nitrogen and oxygen atoms in total. The first-order valence-corrected chi connectivity index (χ1v) is 10.3. The predicted molar refractivity (Wildman–Crippen MR) is 113 cm³/mol. The molecule has 0 saturated carbocycles. The number of nitrogens with one attached hydrogen (secondary N) is 2. The summed E-state index contributed by atoms with van der Waals surface area (Å²) >= 11 is 0. The molecular weight excluding hydrogens is 380 g/mol. The van der Waals surface area contributed by atoms with Gasteiger partial charge in [-0.25, -0.2) is 0 Å². The van der Waals surface area contributed by atoms with Crippen LogP contribution in [0.3, 0.4) is 0 Å². The summed E-state index contributed by atoms with van der Waals surface area (Å²) in [6, 6.07) is 18.0. The van der Waals surface area contributed by atoms with E-state index >= 15 is 0 Å². The second-order valence-electron chi connectivity index (χ2n) is 7.71. The quantitative estimate of drug-likeness (QED) is 0.776.